The average molecular weight is 299 g/mol. The smallest absolute Gasteiger partial charge is 0.270 e. The van der Waals surface area contributed by atoms with Gasteiger partial charge in [-0.15, -0.1) is 0 Å². The number of rotatable bonds is 15. The van der Waals surface area contributed by atoms with Crippen molar-refractivity contribution in [3.63, 3.8) is 0 Å². The minimum Gasteiger partial charge on any atom is -0.292 e. The maximum Gasteiger partial charge on any atom is 0.270 e. The molecule has 21 heavy (non-hydrogen) atoms. The highest BCUT2D eigenvalue weighted by Gasteiger charge is 2.27. The van der Waals surface area contributed by atoms with Crippen LogP contribution in [0.5, 0.6) is 0 Å². The maximum atomic E-state index is 11.9. The van der Waals surface area contributed by atoms with Gasteiger partial charge in [0.05, 0.1) is 0 Å². The average Bonchev–Trinajstić information content (AvgIpc) is 2.45. The molecule has 1 unspecified atom stereocenters. The van der Waals surface area contributed by atoms with Crippen LogP contribution in [0.4, 0.5) is 0 Å². The molecule has 4 heteroatoms. The van der Waals surface area contributed by atoms with Crippen LogP contribution >= 0.6 is 0 Å². The Bertz CT molecular complexity index is 279. The third-order valence-corrected chi connectivity index (χ3v) is 3.98. The molecule has 0 rings (SSSR count). The number of Topliss-reactive ketones (excluding diaryl/α,β-unsaturated/α-hetero) is 1. The molecule has 0 amide bonds. The topological polar surface area (TPSA) is 60.2 Å². The van der Waals surface area contributed by atoms with Crippen LogP contribution in [0, 0.1) is 10.1 Å². The molecule has 0 aromatic rings. The van der Waals surface area contributed by atoms with Crippen LogP contribution in [-0.2, 0) is 4.79 Å². The normalized spacial score (nSPS) is 12.3. The number of carbonyl (C=O) groups excluding carboxylic acids is 1. The lowest BCUT2D eigenvalue weighted by molar-refractivity contribution is -0.508. The van der Waals surface area contributed by atoms with Gasteiger partial charge >= 0.3 is 0 Å². The molecule has 1 atom stereocenters. The van der Waals surface area contributed by atoms with Crippen molar-refractivity contribution < 1.29 is 9.72 Å². The molecule has 0 saturated carbocycles. The van der Waals surface area contributed by atoms with Crippen molar-refractivity contribution in [1.29, 1.82) is 0 Å². The van der Waals surface area contributed by atoms with Crippen molar-refractivity contribution in [3.05, 3.63) is 10.1 Å². The van der Waals surface area contributed by atoms with Gasteiger partial charge in [-0.3, -0.25) is 14.9 Å². The van der Waals surface area contributed by atoms with Gasteiger partial charge in [0.15, 0.2) is 0 Å². The molecule has 0 aliphatic heterocycles. The fourth-order valence-corrected chi connectivity index (χ4v) is 2.57. The van der Waals surface area contributed by atoms with Crippen molar-refractivity contribution >= 4 is 5.78 Å². The number of hydrogen-bond donors (Lipinski definition) is 0. The summed E-state index contributed by atoms with van der Waals surface area (Å²) in [6.07, 6.45) is 12.7. The zero-order valence-electron chi connectivity index (χ0n) is 13.9. The van der Waals surface area contributed by atoms with Crippen LogP contribution in [-0.4, -0.2) is 16.7 Å². The molecule has 0 aliphatic carbocycles. The molecule has 0 aromatic carbocycles. The summed E-state index contributed by atoms with van der Waals surface area (Å²) in [5.74, 6) is -0.162. The second-order valence-corrected chi connectivity index (χ2v) is 5.99. The third kappa shape index (κ3) is 11.4. The van der Waals surface area contributed by atoms with E-state index in [1.807, 2.05) is 0 Å². The van der Waals surface area contributed by atoms with Gasteiger partial charge in [-0.2, -0.15) is 0 Å². The van der Waals surface area contributed by atoms with E-state index in [0.29, 0.717) is 12.8 Å². The highest BCUT2D eigenvalue weighted by Crippen LogP contribution is 2.14. The van der Waals surface area contributed by atoms with Gasteiger partial charge in [-0.25, -0.2) is 0 Å². The first-order chi connectivity index (χ1) is 10.1. The molecule has 0 N–H and O–H groups in total. The standard InChI is InChI=1S/C17H33NO3/c1-3-5-7-9-11-12-14-16(18(20)21)17(19)15-13-10-8-6-4-2/h16H,3-15H2,1-2H3. The molecule has 0 spiro atoms. The van der Waals surface area contributed by atoms with Gasteiger partial charge in [-0.1, -0.05) is 71.6 Å². The Balaban J connectivity index is 3.83. The molecule has 0 saturated heterocycles. The zero-order chi connectivity index (χ0) is 15.9. The second-order valence-electron chi connectivity index (χ2n) is 5.99. The monoisotopic (exact) mass is 299 g/mol. The highest BCUT2D eigenvalue weighted by molar-refractivity contribution is 5.82. The third-order valence-electron chi connectivity index (χ3n) is 3.98. The summed E-state index contributed by atoms with van der Waals surface area (Å²) < 4.78 is 0. The highest BCUT2D eigenvalue weighted by atomic mass is 16.6. The van der Waals surface area contributed by atoms with Crippen molar-refractivity contribution in [3.8, 4) is 0 Å². The first kappa shape index (κ1) is 20.1. The van der Waals surface area contributed by atoms with E-state index < -0.39 is 6.04 Å². The lowest BCUT2D eigenvalue weighted by Crippen LogP contribution is -2.29. The van der Waals surface area contributed by atoms with Gasteiger partial charge in [0, 0.05) is 17.8 Å². The van der Waals surface area contributed by atoms with Crippen molar-refractivity contribution in [2.24, 2.45) is 0 Å². The number of nitrogens with zero attached hydrogens (tertiary/aromatic N) is 1. The van der Waals surface area contributed by atoms with Crippen LogP contribution in [0.2, 0.25) is 0 Å². The molecule has 0 aromatic heterocycles. The van der Waals surface area contributed by atoms with E-state index in [2.05, 4.69) is 13.8 Å². The van der Waals surface area contributed by atoms with E-state index in [9.17, 15) is 14.9 Å². The lowest BCUT2D eigenvalue weighted by atomic mass is 9.99. The number of nitro groups is 1. The number of unbranched alkanes of at least 4 members (excludes halogenated alkanes) is 9. The lowest BCUT2D eigenvalue weighted by Gasteiger charge is -2.08. The first-order valence-electron chi connectivity index (χ1n) is 8.79. The largest absolute Gasteiger partial charge is 0.292 e. The Hall–Kier alpha value is -0.930. The summed E-state index contributed by atoms with van der Waals surface area (Å²) in [5, 5.41) is 11.0. The van der Waals surface area contributed by atoms with Crippen LogP contribution in [0.25, 0.3) is 0 Å². The minimum atomic E-state index is -0.956. The van der Waals surface area contributed by atoms with Gasteiger partial charge in [0.25, 0.3) is 6.04 Å². The molecule has 0 aliphatic rings. The van der Waals surface area contributed by atoms with E-state index in [-0.39, 0.29) is 10.7 Å². The molecule has 0 radical (unpaired) electrons. The Morgan fingerprint density at radius 2 is 1.33 bits per heavy atom. The SMILES string of the molecule is CCCCCCCCC(C(=O)CCCCCCC)[N+](=O)[O-]. The van der Waals surface area contributed by atoms with E-state index in [4.69, 9.17) is 0 Å². The van der Waals surface area contributed by atoms with Gasteiger partial charge in [0.1, 0.15) is 0 Å². The Morgan fingerprint density at radius 1 is 0.857 bits per heavy atom. The summed E-state index contributed by atoms with van der Waals surface area (Å²) in [5.41, 5.74) is 0. The molecule has 4 nitrogen and oxygen atoms in total. The van der Waals surface area contributed by atoms with E-state index >= 15 is 0 Å². The van der Waals surface area contributed by atoms with Crippen molar-refractivity contribution in [2.75, 3.05) is 0 Å². The molecule has 0 fully saturated rings. The number of carbonyl (C=O) groups is 1. The van der Waals surface area contributed by atoms with Crippen molar-refractivity contribution in [1.82, 2.24) is 0 Å². The fourth-order valence-electron chi connectivity index (χ4n) is 2.57. The molecule has 0 heterocycles. The first-order valence-corrected chi connectivity index (χ1v) is 8.79. The predicted molar refractivity (Wildman–Crippen MR) is 87.2 cm³/mol. The summed E-state index contributed by atoms with van der Waals surface area (Å²) in [6.45, 7) is 4.32. The second kappa shape index (κ2) is 14.0. The van der Waals surface area contributed by atoms with Gasteiger partial charge in [-0.05, 0) is 12.8 Å². The molecular formula is C17H33NO3. The quantitative estimate of drug-likeness (QED) is 0.234. The Morgan fingerprint density at radius 3 is 1.86 bits per heavy atom. The summed E-state index contributed by atoms with van der Waals surface area (Å²) in [6, 6.07) is -0.956. The van der Waals surface area contributed by atoms with Gasteiger partial charge < -0.3 is 0 Å². The predicted octanol–water partition coefficient (Wildman–Crippen LogP) is 5.31. The fraction of sp³-hybridized carbons (Fsp3) is 0.941. The zero-order valence-corrected chi connectivity index (χ0v) is 13.9. The summed E-state index contributed by atoms with van der Waals surface area (Å²) in [4.78, 5) is 22.6. The van der Waals surface area contributed by atoms with Crippen molar-refractivity contribution in [2.45, 2.75) is 103 Å². The van der Waals surface area contributed by atoms with Crippen LogP contribution in [0.3, 0.4) is 0 Å². The molecular weight excluding hydrogens is 266 g/mol. The summed E-state index contributed by atoms with van der Waals surface area (Å²) >= 11 is 0. The van der Waals surface area contributed by atoms with Crippen LogP contribution in [0.15, 0.2) is 0 Å². The Labute approximate surface area is 129 Å². The van der Waals surface area contributed by atoms with Gasteiger partial charge in [0.2, 0.25) is 5.78 Å². The number of ketones is 1. The Kier molecular flexibility index (Phi) is 13.4. The van der Waals surface area contributed by atoms with Crippen LogP contribution < -0.4 is 0 Å². The molecule has 124 valence electrons. The summed E-state index contributed by atoms with van der Waals surface area (Å²) in [7, 11) is 0. The maximum absolute atomic E-state index is 11.9. The van der Waals surface area contributed by atoms with E-state index in [1.54, 1.807) is 0 Å². The van der Waals surface area contributed by atoms with E-state index in [0.717, 1.165) is 38.5 Å². The number of hydrogen-bond acceptors (Lipinski definition) is 3. The van der Waals surface area contributed by atoms with Crippen LogP contribution in [0.1, 0.15) is 97.3 Å². The van der Waals surface area contributed by atoms with E-state index in [1.165, 1.54) is 32.1 Å². The molecule has 0 bridgehead atoms. The minimum absolute atomic E-state index is 0.162.